The van der Waals surface area contributed by atoms with E-state index >= 15 is 0 Å². The number of amides is 1. The minimum absolute atomic E-state index is 0.199. The molecule has 1 amide bonds. The third-order valence-electron chi connectivity index (χ3n) is 6.67. The van der Waals surface area contributed by atoms with Gasteiger partial charge in [-0.15, -0.1) is 0 Å². The van der Waals surface area contributed by atoms with Gasteiger partial charge in [-0.1, -0.05) is 50.3 Å². The summed E-state index contributed by atoms with van der Waals surface area (Å²) in [5, 5.41) is 2.98. The topological polar surface area (TPSA) is 102 Å². The fraction of sp³-hybridized carbons (Fsp3) is 0.517. The standard InChI is InChI=1S/C29H40N3O4/c1-20(2)18-24(30)28(34)23-11-7-8-21(3)27(23)29(35)25(13-12-22-9-5-4-6-10-22)31-26(33)19-32-14-16-36-17-15-32/h4-6,8-11,20,24-25H,7,12-19,30H2,1-3H3,(H,31,33)/t24-,25-/m0/s1. The van der Waals surface area contributed by atoms with Gasteiger partial charge in [-0.05, 0) is 56.1 Å². The second-order valence-electron chi connectivity index (χ2n) is 10.1. The van der Waals surface area contributed by atoms with Crippen LogP contribution in [0.15, 0.2) is 53.1 Å². The van der Waals surface area contributed by atoms with E-state index in [1.54, 1.807) is 6.42 Å². The fourth-order valence-corrected chi connectivity index (χ4v) is 4.74. The number of benzene rings is 1. The van der Waals surface area contributed by atoms with Crippen LogP contribution in [0.4, 0.5) is 0 Å². The van der Waals surface area contributed by atoms with Gasteiger partial charge in [0.25, 0.3) is 0 Å². The lowest BCUT2D eigenvalue weighted by Gasteiger charge is -2.28. The van der Waals surface area contributed by atoms with E-state index < -0.39 is 12.1 Å². The molecule has 1 saturated heterocycles. The first-order chi connectivity index (χ1) is 17.3. The van der Waals surface area contributed by atoms with Gasteiger partial charge >= 0.3 is 0 Å². The minimum atomic E-state index is -0.743. The van der Waals surface area contributed by atoms with E-state index in [1.807, 2.05) is 62.1 Å². The maximum atomic E-state index is 14.0. The zero-order valence-corrected chi connectivity index (χ0v) is 21.8. The number of hydrogen-bond acceptors (Lipinski definition) is 6. The summed E-state index contributed by atoms with van der Waals surface area (Å²) in [6.07, 6.45) is 5.94. The third-order valence-corrected chi connectivity index (χ3v) is 6.67. The molecule has 0 bridgehead atoms. The molecule has 7 heteroatoms. The highest BCUT2D eigenvalue weighted by Gasteiger charge is 2.32. The quantitative estimate of drug-likeness (QED) is 0.463. The summed E-state index contributed by atoms with van der Waals surface area (Å²) < 4.78 is 5.37. The lowest BCUT2D eigenvalue weighted by molar-refractivity contribution is -0.127. The van der Waals surface area contributed by atoms with Gasteiger partial charge < -0.3 is 15.8 Å². The summed E-state index contributed by atoms with van der Waals surface area (Å²) in [4.78, 5) is 42.2. The molecule has 1 radical (unpaired) electrons. The van der Waals surface area contributed by atoms with E-state index in [-0.39, 0.29) is 29.9 Å². The second-order valence-corrected chi connectivity index (χ2v) is 10.1. The molecule has 7 nitrogen and oxygen atoms in total. The first kappa shape index (κ1) is 28.0. The maximum absolute atomic E-state index is 14.0. The molecule has 3 rings (SSSR count). The van der Waals surface area contributed by atoms with E-state index in [0.29, 0.717) is 63.1 Å². The average molecular weight is 495 g/mol. The van der Waals surface area contributed by atoms with E-state index in [0.717, 1.165) is 11.1 Å². The van der Waals surface area contributed by atoms with Crippen molar-refractivity contribution in [3.05, 3.63) is 65.1 Å². The number of hydrogen-bond donors (Lipinski definition) is 2. The van der Waals surface area contributed by atoms with E-state index in [9.17, 15) is 14.4 Å². The lowest BCUT2D eigenvalue weighted by Crippen LogP contribution is -2.48. The van der Waals surface area contributed by atoms with Gasteiger partial charge in [0.05, 0.1) is 31.8 Å². The molecule has 1 aliphatic heterocycles. The molecule has 0 unspecified atom stereocenters. The predicted octanol–water partition coefficient (Wildman–Crippen LogP) is 2.80. The van der Waals surface area contributed by atoms with Crippen LogP contribution in [0, 0.1) is 12.3 Å². The van der Waals surface area contributed by atoms with Gasteiger partial charge in [0.1, 0.15) is 0 Å². The minimum Gasteiger partial charge on any atom is -0.379 e. The Kier molecular flexibility index (Phi) is 10.6. The normalized spacial score (nSPS) is 18.5. The van der Waals surface area contributed by atoms with Crippen LogP contribution in [0.1, 0.15) is 45.6 Å². The number of Topliss-reactive ketones (excluding diaryl/α,β-unsaturated/α-hetero) is 2. The van der Waals surface area contributed by atoms with Crippen molar-refractivity contribution >= 4 is 17.5 Å². The fourth-order valence-electron chi connectivity index (χ4n) is 4.74. The summed E-state index contributed by atoms with van der Waals surface area (Å²) in [5.74, 6) is -0.372. The zero-order chi connectivity index (χ0) is 26.1. The highest BCUT2D eigenvalue weighted by Crippen LogP contribution is 2.29. The summed E-state index contributed by atoms with van der Waals surface area (Å²) in [7, 11) is 0. The molecule has 0 spiro atoms. The van der Waals surface area contributed by atoms with Crippen molar-refractivity contribution in [2.45, 2.75) is 58.5 Å². The number of ether oxygens (including phenoxy) is 1. The number of nitrogens with one attached hydrogen (secondary N) is 1. The summed E-state index contributed by atoms with van der Waals surface area (Å²) in [6.45, 7) is 8.67. The van der Waals surface area contributed by atoms with E-state index in [4.69, 9.17) is 10.5 Å². The number of carbonyl (C=O) groups excluding carboxylic acids is 3. The van der Waals surface area contributed by atoms with Crippen molar-refractivity contribution in [3.63, 3.8) is 0 Å². The molecule has 2 aliphatic rings. The Bertz CT molecular complexity index is 977. The second kappa shape index (κ2) is 13.6. The van der Waals surface area contributed by atoms with E-state index in [1.165, 1.54) is 0 Å². The molecule has 1 fully saturated rings. The van der Waals surface area contributed by atoms with Crippen LogP contribution in [-0.2, 0) is 25.5 Å². The highest BCUT2D eigenvalue weighted by molar-refractivity contribution is 6.14. The van der Waals surface area contributed by atoms with Crippen LogP contribution in [0.5, 0.6) is 0 Å². The summed E-state index contributed by atoms with van der Waals surface area (Å²) in [6, 6.07) is 8.48. The number of morpholine rings is 1. The molecule has 1 aromatic carbocycles. The summed E-state index contributed by atoms with van der Waals surface area (Å²) in [5.41, 5.74) is 8.85. The molecule has 0 aromatic heterocycles. The van der Waals surface area contributed by atoms with Gasteiger partial charge in [0.2, 0.25) is 5.91 Å². The van der Waals surface area contributed by atoms with Crippen molar-refractivity contribution < 1.29 is 19.1 Å². The van der Waals surface area contributed by atoms with E-state index in [2.05, 4.69) is 5.32 Å². The highest BCUT2D eigenvalue weighted by atomic mass is 16.5. The molecule has 1 heterocycles. The van der Waals surface area contributed by atoms with Crippen LogP contribution < -0.4 is 11.1 Å². The van der Waals surface area contributed by atoms with Gasteiger partial charge in [-0.3, -0.25) is 19.3 Å². The number of allylic oxidation sites excluding steroid dienone is 2. The Morgan fingerprint density at radius 1 is 1.08 bits per heavy atom. The molecular weight excluding hydrogens is 454 g/mol. The Balaban J connectivity index is 1.84. The van der Waals surface area contributed by atoms with Gasteiger partial charge in [0.15, 0.2) is 11.6 Å². The van der Waals surface area contributed by atoms with Crippen LogP contribution in [0.25, 0.3) is 0 Å². The number of aryl methyl sites for hydroxylation is 1. The van der Waals surface area contributed by atoms with Gasteiger partial charge in [-0.25, -0.2) is 0 Å². The smallest absolute Gasteiger partial charge is 0.234 e. The monoisotopic (exact) mass is 494 g/mol. The maximum Gasteiger partial charge on any atom is 0.234 e. The van der Waals surface area contributed by atoms with Crippen LogP contribution >= 0.6 is 0 Å². The Morgan fingerprint density at radius 2 is 1.78 bits per heavy atom. The largest absolute Gasteiger partial charge is 0.379 e. The van der Waals surface area contributed by atoms with Crippen molar-refractivity contribution in [2.24, 2.45) is 11.7 Å². The molecular formula is C29H40N3O4. The average Bonchev–Trinajstić information content (AvgIpc) is 2.86. The molecule has 36 heavy (non-hydrogen) atoms. The Morgan fingerprint density at radius 3 is 2.44 bits per heavy atom. The van der Waals surface area contributed by atoms with Crippen molar-refractivity contribution in [2.75, 3.05) is 32.8 Å². The number of nitrogens with two attached hydrogens (primary N) is 1. The number of ketones is 2. The molecule has 0 saturated carbocycles. The Labute approximate surface area is 215 Å². The molecule has 1 aromatic rings. The molecule has 2 atom stereocenters. The summed E-state index contributed by atoms with van der Waals surface area (Å²) >= 11 is 0. The number of rotatable bonds is 12. The molecule has 195 valence electrons. The zero-order valence-electron chi connectivity index (χ0n) is 21.8. The van der Waals surface area contributed by atoms with Crippen molar-refractivity contribution in [1.29, 1.82) is 0 Å². The van der Waals surface area contributed by atoms with Crippen molar-refractivity contribution in [1.82, 2.24) is 10.2 Å². The SMILES string of the molecule is CC1=CC[CH]C(C(=O)[C@@H](N)CC(C)C)=C1C(=O)[C@H](CCc1ccccc1)NC(=O)CN1CCOCC1. The van der Waals surface area contributed by atoms with Gasteiger partial charge in [0, 0.05) is 24.2 Å². The Hall–Kier alpha value is -2.61. The number of nitrogens with zero attached hydrogens (tertiary/aromatic N) is 1. The predicted molar refractivity (Wildman–Crippen MR) is 141 cm³/mol. The van der Waals surface area contributed by atoms with Crippen LogP contribution in [-0.4, -0.2) is 67.3 Å². The third kappa shape index (κ3) is 7.95. The first-order valence-corrected chi connectivity index (χ1v) is 13.0. The van der Waals surface area contributed by atoms with Crippen LogP contribution in [0.3, 0.4) is 0 Å². The molecule has 1 aliphatic carbocycles. The van der Waals surface area contributed by atoms with Gasteiger partial charge in [-0.2, -0.15) is 0 Å². The van der Waals surface area contributed by atoms with Crippen molar-refractivity contribution in [3.8, 4) is 0 Å². The van der Waals surface area contributed by atoms with Crippen LogP contribution in [0.2, 0.25) is 0 Å². The molecule has 3 N–H and O–H groups in total. The first-order valence-electron chi connectivity index (χ1n) is 13.0. The lowest BCUT2D eigenvalue weighted by atomic mass is 9.81. The number of carbonyl (C=O) groups is 3.